The molecule has 0 spiro atoms. The molecule has 0 saturated carbocycles. The quantitative estimate of drug-likeness (QED) is 0.539. The molecule has 2 aromatic carbocycles. The van der Waals surface area contributed by atoms with E-state index in [4.69, 9.17) is 9.47 Å². The topological polar surface area (TPSA) is 48.3 Å². The van der Waals surface area contributed by atoms with Crippen molar-refractivity contribution < 1.29 is 9.47 Å². The Morgan fingerprint density at radius 2 is 1.82 bits per heavy atom. The van der Waals surface area contributed by atoms with E-state index >= 15 is 0 Å². The van der Waals surface area contributed by atoms with Crippen LogP contribution in [0.25, 0.3) is 0 Å². The van der Waals surface area contributed by atoms with Crippen LogP contribution in [0, 0.1) is 0 Å². The van der Waals surface area contributed by atoms with Crippen LogP contribution < -0.4 is 14.8 Å². The van der Waals surface area contributed by atoms with Crippen molar-refractivity contribution in [2.24, 2.45) is 0 Å². The number of nitrogens with zero attached hydrogens (tertiary/aromatic N) is 2. The number of nitrogens with one attached hydrogen (secondary N) is 1. The molecule has 1 heterocycles. The summed E-state index contributed by atoms with van der Waals surface area (Å²) in [4.78, 5) is 0. The number of hydrogen-bond acceptors (Lipinski definition) is 4. The SMILES string of the molecule is C=C(C)COc1cc(CNCc2cccc(Cn3cccn3)c2)ccc1OC. The molecule has 0 amide bonds. The van der Waals surface area contributed by atoms with Gasteiger partial charge in [0.05, 0.1) is 13.7 Å². The van der Waals surface area contributed by atoms with E-state index in [0.29, 0.717) is 6.61 Å². The molecule has 0 bridgehead atoms. The van der Waals surface area contributed by atoms with Gasteiger partial charge in [0.2, 0.25) is 0 Å². The molecule has 0 aliphatic carbocycles. The highest BCUT2D eigenvalue weighted by molar-refractivity contribution is 5.43. The van der Waals surface area contributed by atoms with Crippen LogP contribution in [0.4, 0.5) is 0 Å². The molecule has 3 rings (SSSR count). The van der Waals surface area contributed by atoms with Gasteiger partial charge in [0.25, 0.3) is 0 Å². The molecular weight excluding hydrogens is 350 g/mol. The molecule has 0 unspecified atom stereocenters. The van der Waals surface area contributed by atoms with Crippen LogP contribution in [0.2, 0.25) is 0 Å². The lowest BCUT2D eigenvalue weighted by atomic mass is 10.1. The number of hydrogen-bond donors (Lipinski definition) is 1. The fourth-order valence-corrected chi connectivity index (χ4v) is 2.92. The van der Waals surface area contributed by atoms with Crippen LogP contribution >= 0.6 is 0 Å². The van der Waals surface area contributed by atoms with Crippen molar-refractivity contribution >= 4 is 0 Å². The summed E-state index contributed by atoms with van der Waals surface area (Å²) in [5, 5.41) is 7.76. The monoisotopic (exact) mass is 377 g/mol. The van der Waals surface area contributed by atoms with Crippen LogP contribution in [0.1, 0.15) is 23.6 Å². The Bertz CT molecular complexity index is 904. The lowest BCUT2D eigenvalue weighted by molar-refractivity contribution is 0.319. The van der Waals surface area contributed by atoms with E-state index in [1.165, 1.54) is 11.1 Å². The molecule has 0 fully saturated rings. The molecule has 0 aliphatic rings. The van der Waals surface area contributed by atoms with Gasteiger partial charge < -0.3 is 14.8 Å². The van der Waals surface area contributed by atoms with E-state index < -0.39 is 0 Å². The van der Waals surface area contributed by atoms with Gasteiger partial charge in [0.1, 0.15) is 6.61 Å². The Kier molecular flexibility index (Phi) is 6.87. The highest BCUT2D eigenvalue weighted by atomic mass is 16.5. The minimum absolute atomic E-state index is 0.482. The van der Waals surface area contributed by atoms with Crippen molar-refractivity contribution in [1.82, 2.24) is 15.1 Å². The standard InChI is InChI=1S/C23H27N3O2/c1-18(2)17-28-23-13-20(8-9-22(23)27-3)15-24-14-19-6-4-7-21(12-19)16-26-11-5-10-25-26/h4-13,24H,1,14-17H2,2-3H3. The van der Waals surface area contributed by atoms with Crippen LogP contribution in [0.5, 0.6) is 11.5 Å². The summed E-state index contributed by atoms with van der Waals surface area (Å²) in [6, 6.07) is 16.5. The Balaban J connectivity index is 1.57. The van der Waals surface area contributed by atoms with Gasteiger partial charge in [-0.25, -0.2) is 0 Å². The largest absolute Gasteiger partial charge is 0.493 e. The molecule has 5 nitrogen and oxygen atoms in total. The van der Waals surface area contributed by atoms with Gasteiger partial charge in [-0.2, -0.15) is 5.10 Å². The molecule has 146 valence electrons. The average Bonchev–Trinajstić information content (AvgIpc) is 3.20. The molecule has 5 heteroatoms. The number of aromatic nitrogens is 2. The molecule has 0 aliphatic heterocycles. The number of ether oxygens (including phenoxy) is 2. The van der Waals surface area contributed by atoms with Crippen molar-refractivity contribution in [2.45, 2.75) is 26.6 Å². The first-order valence-electron chi connectivity index (χ1n) is 9.34. The van der Waals surface area contributed by atoms with Crippen LogP contribution in [-0.4, -0.2) is 23.5 Å². The van der Waals surface area contributed by atoms with Crippen molar-refractivity contribution in [2.75, 3.05) is 13.7 Å². The van der Waals surface area contributed by atoms with E-state index in [1.54, 1.807) is 13.3 Å². The van der Waals surface area contributed by atoms with Gasteiger partial charge in [-0.1, -0.05) is 36.9 Å². The van der Waals surface area contributed by atoms with Gasteiger partial charge >= 0.3 is 0 Å². The van der Waals surface area contributed by atoms with Crippen molar-refractivity contribution in [3.05, 3.63) is 89.8 Å². The molecule has 3 aromatic rings. The summed E-state index contributed by atoms with van der Waals surface area (Å²) in [5.41, 5.74) is 4.60. The van der Waals surface area contributed by atoms with Gasteiger partial charge in [0.15, 0.2) is 11.5 Å². The number of methoxy groups -OCH3 is 1. The first kappa shape index (κ1) is 19.7. The Morgan fingerprint density at radius 3 is 2.54 bits per heavy atom. The summed E-state index contributed by atoms with van der Waals surface area (Å²) < 4.78 is 13.1. The zero-order chi connectivity index (χ0) is 19.8. The molecule has 0 radical (unpaired) electrons. The predicted octanol–water partition coefficient (Wildman–Crippen LogP) is 4.18. The smallest absolute Gasteiger partial charge is 0.161 e. The lowest BCUT2D eigenvalue weighted by Gasteiger charge is -2.13. The average molecular weight is 377 g/mol. The molecule has 1 aromatic heterocycles. The van der Waals surface area contributed by atoms with Crippen molar-refractivity contribution in [3.63, 3.8) is 0 Å². The second kappa shape index (κ2) is 9.76. The first-order valence-corrected chi connectivity index (χ1v) is 9.34. The third-order valence-corrected chi connectivity index (χ3v) is 4.26. The zero-order valence-electron chi connectivity index (χ0n) is 16.5. The van der Waals surface area contributed by atoms with Crippen molar-refractivity contribution in [3.8, 4) is 11.5 Å². The summed E-state index contributed by atoms with van der Waals surface area (Å²) >= 11 is 0. The molecule has 28 heavy (non-hydrogen) atoms. The second-order valence-corrected chi connectivity index (χ2v) is 6.86. The molecule has 0 atom stereocenters. The van der Waals surface area contributed by atoms with E-state index in [1.807, 2.05) is 42.1 Å². The van der Waals surface area contributed by atoms with Gasteiger partial charge in [0, 0.05) is 25.5 Å². The summed E-state index contributed by atoms with van der Waals surface area (Å²) in [6.45, 7) is 8.62. The summed E-state index contributed by atoms with van der Waals surface area (Å²) in [5.74, 6) is 1.47. The maximum atomic E-state index is 5.80. The lowest BCUT2D eigenvalue weighted by Crippen LogP contribution is -2.13. The second-order valence-electron chi connectivity index (χ2n) is 6.86. The minimum Gasteiger partial charge on any atom is -0.493 e. The number of benzene rings is 2. The normalized spacial score (nSPS) is 10.6. The van der Waals surface area contributed by atoms with E-state index in [-0.39, 0.29) is 0 Å². The Hall–Kier alpha value is -3.05. The molecule has 1 N–H and O–H groups in total. The third-order valence-electron chi connectivity index (χ3n) is 4.26. The first-order chi connectivity index (χ1) is 13.6. The van der Waals surface area contributed by atoms with Gasteiger partial charge in [-0.05, 0) is 47.4 Å². The van der Waals surface area contributed by atoms with Gasteiger partial charge in [-0.3, -0.25) is 4.68 Å². The van der Waals surface area contributed by atoms with Crippen LogP contribution in [0.15, 0.2) is 73.1 Å². The summed E-state index contributed by atoms with van der Waals surface area (Å²) in [6.07, 6.45) is 3.77. The fourth-order valence-electron chi connectivity index (χ4n) is 2.92. The van der Waals surface area contributed by atoms with E-state index in [0.717, 1.165) is 42.3 Å². The minimum atomic E-state index is 0.482. The van der Waals surface area contributed by atoms with E-state index in [2.05, 4.69) is 41.3 Å². The fraction of sp³-hybridized carbons (Fsp3) is 0.261. The molecular formula is C23H27N3O2. The molecule has 0 saturated heterocycles. The zero-order valence-corrected chi connectivity index (χ0v) is 16.5. The van der Waals surface area contributed by atoms with Crippen LogP contribution in [-0.2, 0) is 19.6 Å². The highest BCUT2D eigenvalue weighted by Gasteiger charge is 2.06. The highest BCUT2D eigenvalue weighted by Crippen LogP contribution is 2.28. The predicted molar refractivity (Wildman–Crippen MR) is 112 cm³/mol. The Labute approximate surface area is 166 Å². The third kappa shape index (κ3) is 5.72. The van der Waals surface area contributed by atoms with Gasteiger partial charge in [-0.15, -0.1) is 0 Å². The van der Waals surface area contributed by atoms with E-state index in [9.17, 15) is 0 Å². The maximum Gasteiger partial charge on any atom is 0.161 e. The number of rotatable bonds is 10. The summed E-state index contributed by atoms with van der Waals surface area (Å²) in [7, 11) is 1.65. The maximum absolute atomic E-state index is 5.80. The van der Waals surface area contributed by atoms with Crippen LogP contribution in [0.3, 0.4) is 0 Å². The van der Waals surface area contributed by atoms with Crippen molar-refractivity contribution in [1.29, 1.82) is 0 Å². The Morgan fingerprint density at radius 1 is 1.04 bits per heavy atom.